The van der Waals surface area contributed by atoms with Crippen LogP contribution in [0.1, 0.15) is 10.4 Å². The van der Waals surface area contributed by atoms with E-state index in [1.165, 1.54) is 10.4 Å². The Morgan fingerprint density at radius 3 is 2.80 bits per heavy atom. The summed E-state index contributed by atoms with van der Waals surface area (Å²) < 4.78 is 1.10. The number of carbonyl (C=O) groups is 1. The molecular weight excluding hydrogens is 354 g/mol. The minimum atomic E-state index is 0.176. The van der Waals surface area contributed by atoms with E-state index in [0.717, 1.165) is 10.2 Å². The van der Waals surface area contributed by atoms with Crippen LogP contribution >= 0.6 is 39.0 Å². The Labute approximate surface area is 136 Å². The van der Waals surface area contributed by atoms with E-state index in [1.54, 1.807) is 28.0 Å². The molecule has 1 aromatic heterocycles. The predicted octanol–water partition coefficient (Wildman–Crippen LogP) is 4.40. The lowest BCUT2D eigenvalue weighted by molar-refractivity contribution is -0.127. The predicted molar refractivity (Wildman–Crippen MR) is 91.1 cm³/mol. The third kappa shape index (κ3) is 4.65. The van der Waals surface area contributed by atoms with E-state index in [9.17, 15) is 4.79 Å². The third-order valence-corrected chi connectivity index (χ3v) is 5.44. The van der Waals surface area contributed by atoms with Crippen molar-refractivity contribution in [2.45, 2.75) is 12.3 Å². The molecule has 0 spiro atoms. The Bertz CT molecular complexity index is 557. The first-order valence-electron chi connectivity index (χ1n) is 6.24. The van der Waals surface area contributed by atoms with Gasteiger partial charge in [0.05, 0.1) is 12.3 Å². The first-order valence-corrected chi connectivity index (χ1v) is 9.07. The molecule has 0 saturated carbocycles. The lowest BCUT2D eigenvalue weighted by atomic mass is 10.2. The maximum Gasteiger partial charge on any atom is 0.232 e. The Morgan fingerprint density at radius 1 is 1.30 bits per heavy atom. The zero-order valence-electron chi connectivity index (χ0n) is 11.2. The quantitative estimate of drug-likeness (QED) is 0.751. The Kier molecular flexibility index (Phi) is 6.13. The number of hydrogen-bond acceptors (Lipinski definition) is 3. The van der Waals surface area contributed by atoms with Crippen molar-refractivity contribution < 1.29 is 4.79 Å². The molecule has 1 heterocycles. The molecule has 0 fully saturated rings. The maximum absolute atomic E-state index is 12.0. The molecule has 0 N–H and O–H groups in total. The van der Waals surface area contributed by atoms with Crippen LogP contribution in [0.3, 0.4) is 0 Å². The molecule has 0 atom stereocenters. The summed E-state index contributed by atoms with van der Waals surface area (Å²) in [5.74, 6) is 1.54. The van der Waals surface area contributed by atoms with Crippen molar-refractivity contribution >= 4 is 44.9 Å². The van der Waals surface area contributed by atoms with Gasteiger partial charge in [0.15, 0.2) is 0 Å². The number of nitrogens with zero attached hydrogens (tertiary/aromatic N) is 1. The second-order valence-corrected chi connectivity index (χ2v) is 7.29. The van der Waals surface area contributed by atoms with Gasteiger partial charge in [0.25, 0.3) is 0 Å². The Balaban J connectivity index is 1.76. The van der Waals surface area contributed by atoms with Crippen LogP contribution in [0.2, 0.25) is 0 Å². The summed E-state index contributed by atoms with van der Waals surface area (Å²) in [6.07, 6.45) is 0. The van der Waals surface area contributed by atoms with E-state index in [2.05, 4.69) is 28.1 Å². The molecule has 2 nitrogen and oxygen atoms in total. The van der Waals surface area contributed by atoms with Gasteiger partial charge in [-0.05, 0) is 23.1 Å². The van der Waals surface area contributed by atoms with Crippen LogP contribution < -0.4 is 0 Å². The summed E-state index contributed by atoms with van der Waals surface area (Å²) in [5.41, 5.74) is 1.23. The van der Waals surface area contributed by atoms with E-state index in [-0.39, 0.29) is 5.91 Å². The zero-order chi connectivity index (χ0) is 14.4. The standard InChI is InChI=1S/C15H16BrNOS2/c1-17(9-13-6-4-8-20-13)15(18)11-19-10-12-5-2-3-7-14(12)16/h2-8H,9-11H2,1H3. The minimum absolute atomic E-state index is 0.176. The van der Waals surface area contributed by atoms with Gasteiger partial charge >= 0.3 is 0 Å². The van der Waals surface area contributed by atoms with E-state index < -0.39 is 0 Å². The molecule has 106 valence electrons. The van der Waals surface area contributed by atoms with E-state index in [0.29, 0.717) is 12.3 Å². The number of carbonyl (C=O) groups excluding carboxylic acids is 1. The molecule has 0 aliphatic rings. The Hall–Kier alpha value is -0.780. The smallest absolute Gasteiger partial charge is 0.232 e. The van der Waals surface area contributed by atoms with Crippen molar-refractivity contribution in [1.82, 2.24) is 4.90 Å². The number of amides is 1. The normalized spacial score (nSPS) is 10.5. The highest BCUT2D eigenvalue weighted by Gasteiger charge is 2.10. The second kappa shape index (κ2) is 7.86. The zero-order valence-corrected chi connectivity index (χ0v) is 14.4. The van der Waals surface area contributed by atoms with Crippen molar-refractivity contribution in [2.24, 2.45) is 0 Å². The van der Waals surface area contributed by atoms with Gasteiger partial charge in [-0.3, -0.25) is 4.79 Å². The molecular formula is C15H16BrNOS2. The average molecular weight is 370 g/mol. The van der Waals surface area contributed by atoms with Gasteiger partial charge in [0.1, 0.15) is 0 Å². The van der Waals surface area contributed by atoms with Crippen molar-refractivity contribution in [1.29, 1.82) is 0 Å². The van der Waals surface area contributed by atoms with Crippen LogP contribution in [-0.4, -0.2) is 23.6 Å². The van der Waals surface area contributed by atoms with Crippen molar-refractivity contribution in [3.05, 3.63) is 56.7 Å². The largest absolute Gasteiger partial charge is 0.340 e. The summed E-state index contributed by atoms with van der Waals surface area (Å²) in [4.78, 5) is 15.1. The molecule has 5 heteroatoms. The molecule has 2 rings (SSSR count). The van der Waals surface area contributed by atoms with E-state index >= 15 is 0 Å². The highest BCUT2D eigenvalue weighted by atomic mass is 79.9. The fraction of sp³-hybridized carbons (Fsp3) is 0.267. The van der Waals surface area contributed by atoms with Crippen LogP contribution in [0, 0.1) is 0 Å². The molecule has 0 unspecified atom stereocenters. The van der Waals surface area contributed by atoms with Gasteiger partial charge < -0.3 is 4.90 Å². The number of benzene rings is 1. The summed E-state index contributed by atoms with van der Waals surface area (Å²) in [6, 6.07) is 12.2. The van der Waals surface area contributed by atoms with Crippen molar-refractivity contribution in [3.63, 3.8) is 0 Å². The average Bonchev–Trinajstić information content (AvgIpc) is 2.93. The highest BCUT2D eigenvalue weighted by Crippen LogP contribution is 2.21. The monoisotopic (exact) mass is 369 g/mol. The van der Waals surface area contributed by atoms with Crippen molar-refractivity contribution in [3.8, 4) is 0 Å². The van der Waals surface area contributed by atoms with Gasteiger partial charge in [-0.25, -0.2) is 0 Å². The number of halogens is 1. The van der Waals surface area contributed by atoms with Crippen LogP contribution in [0.15, 0.2) is 46.3 Å². The molecule has 20 heavy (non-hydrogen) atoms. The number of thioether (sulfide) groups is 1. The minimum Gasteiger partial charge on any atom is -0.340 e. The summed E-state index contributed by atoms with van der Waals surface area (Å²) in [5, 5.41) is 2.04. The number of rotatable bonds is 6. The molecule has 1 aromatic carbocycles. The number of hydrogen-bond donors (Lipinski definition) is 0. The molecule has 0 aliphatic heterocycles. The lowest BCUT2D eigenvalue weighted by Crippen LogP contribution is -2.27. The van der Waals surface area contributed by atoms with Crippen LogP contribution in [0.4, 0.5) is 0 Å². The van der Waals surface area contributed by atoms with Gasteiger partial charge in [-0.15, -0.1) is 23.1 Å². The molecule has 2 aromatic rings. The van der Waals surface area contributed by atoms with E-state index in [1.807, 2.05) is 36.7 Å². The van der Waals surface area contributed by atoms with Gasteiger partial charge in [0.2, 0.25) is 5.91 Å². The Morgan fingerprint density at radius 2 is 2.10 bits per heavy atom. The fourth-order valence-electron chi connectivity index (χ4n) is 1.70. The summed E-state index contributed by atoms with van der Waals surface area (Å²) in [6.45, 7) is 0.700. The van der Waals surface area contributed by atoms with Gasteiger partial charge in [-0.1, -0.05) is 40.2 Å². The SMILES string of the molecule is CN(Cc1cccs1)C(=O)CSCc1ccccc1Br. The molecule has 0 bridgehead atoms. The highest BCUT2D eigenvalue weighted by molar-refractivity contribution is 9.10. The lowest BCUT2D eigenvalue weighted by Gasteiger charge is -2.16. The van der Waals surface area contributed by atoms with Crippen molar-refractivity contribution in [2.75, 3.05) is 12.8 Å². The molecule has 1 amide bonds. The first-order chi connectivity index (χ1) is 9.66. The molecule has 0 saturated heterocycles. The van der Waals surface area contributed by atoms with Crippen LogP contribution in [0.25, 0.3) is 0 Å². The maximum atomic E-state index is 12.0. The fourth-order valence-corrected chi connectivity index (χ4v) is 4.03. The molecule has 0 radical (unpaired) electrons. The second-order valence-electron chi connectivity index (χ2n) is 4.41. The molecule has 0 aliphatic carbocycles. The van der Waals surface area contributed by atoms with E-state index in [4.69, 9.17) is 0 Å². The topological polar surface area (TPSA) is 20.3 Å². The van der Waals surface area contributed by atoms with Crippen LogP contribution in [-0.2, 0) is 17.1 Å². The van der Waals surface area contributed by atoms with Gasteiger partial charge in [0, 0.05) is 22.2 Å². The third-order valence-electron chi connectivity index (χ3n) is 2.84. The summed E-state index contributed by atoms with van der Waals surface area (Å²) >= 11 is 6.86. The first kappa shape index (κ1) is 15.6. The van der Waals surface area contributed by atoms with Gasteiger partial charge in [-0.2, -0.15) is 0 Å². The van der Waals surface area contributed by atoms with Crippen LogP contribution in [0.5, 0.6) is 0 Å². The number of thiophene rings is 1. The summed E-state index contributed by atoms with van der Waals surface area (Å²) in [7, 11) is 1.86.